The van der Waals surface area contributed by atoms with E-state index in [1.807, 2.05) is 0 Å². The number of ether oxygens (including phenoxy) is 1. The summed E-state index contributed by atoms with van der Waals surface area (Å²) in [5.41, 5.74) is 2.34. The Labute approximate surface area is 101 Å². The Bertz CT molecular complexity index is 664. The highest BCUT2D eigenvalue weighted by molar-refractivity contribution is 5.81. The number of alkyl halides is 2. The zero-order chi connectivity index (χ0) is 12.7. The van der Waals surface area contributed by atoms with Gasteiger partial charge in [-0.3, -0.25) is 4.79 Å². The maximum absolute atomic E-state index is 12.2. The molecule has 1 aliphatic carbocycles. The second kappa shape index (κ2) is 4.08. The number of aromatic amines is 1. The largest absolute Gasteiger partial charge is 0.435 e. The van der Waals surface area contributed by atoms with E-state index in [1.165, 1.54) is 12.1 Å². The van der Waals surface area contributed by atoms with Crippen LogP contribution in [0.1, 0.15) is 17.7 Å². The molecule has 1 aromatic heterocycles. The maximum atomic E-state index is 12.2. The van der Waals surface area contributed by atoms with Crippen molar-refractivity contribution in [2.45, 2.75) is 25.9 Å². The number of aryl methyl sites for hydroxylation is 1. The molecule has 0 atom stereocenters. The summed E-state index contributed by atoms with van der Waals surface area (Å²) < 4.78 is 28.6. The Kier molecular flexibility index (Phi) is 2.54. The van der Waals surface area contributed by atoms with E-state index < -0.39 is 6.61 Å². The summed E-state index contributed by atoms with van der Waals surface area (Å²) in [6.07, 6.45) is 2.58. The van der Waals surface area contributed by atoms with E-state index in [2.05, 4.69) is 9.72 Å². The summed E-state index contributed by atoms with van der Waals surface area (Å²) in [7, 11) is 0. The zero-order valence-corrected chi connectivity index (χ0v) is 9.50. The van der Waals surface area contributed by atoms with Gasteiger partial charge in [-0.05, 0) is 37.5 Å². The summed E-state index contributed by atoms with van der Waals surface area (Å²) >= 11 is 0. The number of aromatic nitrogens is 1. The molecule has 94 valence electrons. The number of hydrogen-bond acceptors (Lipinski definition) is 2. The summed E-state index contributed by atoms with van der Waals surface area (Å²) in [6.45, 7) is -2.88. The molecular weight excluding hydrogens is 240 g/mol. The van der Waals surface area contributed by atoms with Crippen LogP contribution in [0.25, 0.3) is 10.9 Å². The molecule has 0 spiro atoms. The minimum absolute atomic E-state index is 0.0148. The monoisotopic (exact) mass is 251 g/mol. The third-order valence-electron chi connectivity index (χ3n) is 3.24. The molecule has 0 amide bonds. The van der Waals surface area contributed by atoms with Crippen LogP contribution in [0.5, 0.6) is 5.75 Å². The third-order valence-corrected chi connectivity index (χ3v) is 3.24. The van der Waals surface area contributed by atoms with Crippen molar-refractivity contribution in [2.24, 2.45) is 0 Å². The topological polar surface area (TPSA) is 42.1 Å². The van der Waals surface area contributed by atoms with Crippen molar-refractivity contribution in [3.63, 3.8) is 0 Å². The molecule has 0 bridgehead atoms. The van der Waals surface area contributed by atoms with Crippen LogP contribution in [-0.2, 0) is 12.8 Å². The van der Waals surface area contributed by atoms with Gasteiger partial charge in [0.15, 0.2) is 5.43 Å². The second-order valence-corrected chi connectivity index (χ2v) is 4.35. The SMILES string of the molecule is O=c1c2c([nH]c3ccc(OC(F)F)cc13)CCC2. The van der Waals surface area contributed by atoms with E-state index in [-0.39, 0.29) is 11.2 Å². The van der Waals surface area contributed by atoms with Crippen molar-refractivity contribution >= 4 is 10.9 Å². The fourth-order valence-electron chi connectivity index (χ4n) is 2.45. The molecule has 2 aromatic rings. The van der Waals surface area contributed by atoms with Gasteiger partial charge in [0.1, 0.15) is 5.75 Å². The van der Waals surface area contributed by atoms with Crippen LogP contribution in [0.4, 0.5) is 8.78 Å². The van der Waals surface area contributed by atoms with Crippen molar-refractivity contribution in [3.8, 4) is 5.75 Å². The van der Waals surface area contributed by atoms with Crippen LogP contribution in [0, 0.1) is 0 Å². The summed E-state index contributed by atoms with van der Waals surface area (Å²) in [5.74, 6) is 0.0148. The van der Waals surface area contributed by atoms with Crippen LogP contribution in [0.3, 0.4) is 0 Å². The highest BCUT2D eigenvalue weighted by atomic mass is 19.3. The molecule has 3 nitrogen and oxygen atoms in total. The molecule has 0 aliphatic heterocycles. The van der Waals surface area contributed by atoms with Gasteiger partial charge in [0.2, 0.25) is 0 Å². The Morgan fingerprint density at radius 2 is 2.11 bits per heavy atom. The second-order valence-electron chi connectivity index (χ2n) is 4.35. The highest BCUT2D eigenvalue weighted by Gasteiger charge is 2.17. The summed E-state index contributed by atoms with van der Waals surface area (Å²) in [4.78, 5) is 15.4. The predicted molar refractivity (Wildman–Crippen MR) is 63.2 cm³/mol. The van der Waals surface area contributed by atoms with Gasteiger partial charge in [0.05, 0.1) is 0 Å². The number of rotatable bonds is 2. The lowest BCUT2D eigenvalue weighted by molar-refractivity contribution is -0.0497. The smallest absolute Gasteiger partial charge is 0.387 e. The van der Waals surface area contributed by atoms with Gasteiger partial charge in [0, 0.05) is 22.2 Å². The van der Waals surface area contributed by atoms with E-state index in [1.54, 1.807) is 6.07 Å². The number of halogens is 2. The van der Waals surface area contributed by atoms with E-state index in [4.69, 9.17) is 0 Å². The molecule has 18 heavy (non-hydrogen) atoms. The van der Waals surface area contributed by atoms with Crippen molar-refractivity contribution in [2.75, 3.05) is 0 Å². The van der Waals surface area contributed by atoms with Crippen molar-refractivity contribution < 1.29 is 13.5 Å². The number of fused-ring (bicyclic) bond motifs is 2. The molecule has 0 unspecified atom stereocenters. The molecule has 3 rings (SSSR count). The van der Waals surface area contributed by atoms with Gasteiger partial charge in [0.25, 0.3) is 0 Å². The number of pyridine rings is 1. The summed E-state index contributed by atoms with van der Waals surface area (Å²) in [5, 5.41) is 0.411. The lowest BCUT2D eigenvalue weighted by atomic mass is 10.1. The predicted octanol–water partition coefficient (Wildman–Crippen LogP) is 2.62. The van der Waals surface area contributed by atoms with E-state index in [0.717, 1.165) is 30.5 Å². The van der Waals surface area contributed by atoms with Gasteiger partial charge in [-0.25, -0.2) is 0 Å². The molecule has 0 radical (unpaired) electrons. The average molecular weight is 251 g/mol. The van der Waals surface area contributed by atoms with E-state index in [0.29, 0.717) is 10.9 Å². The fraction of sp³-hybridized carbons (Fsp3) is 0.308. The highest BCUT2D eigenvalue weighted by Crippen LogP contribution is 2.23. The number of benzene rings is 1. The molecule has 1 aromatic carbocycles. The Hall–Kier alpha value is -1.91. The minimum atomic E-state index is -2.88. The zero-order valence-electron chi connectivity index (χ0n) is 9.50. The first-order chi connectivity index (χ1) is 8.65. The summed E-state index contributed by atoms with van der Waals surface area (Å²) in [6, 6.07) is 4.41. The molecule has 1 aliphatic rings. The van der Waals surface area contributed by atoms with Crippen molar-refractivity contribution in [3.05, 3.63) is 39.7 Å². The quantitative estimate of drug-likeness (QED) is 0.891. The molecule has 1 heterocycles. The number of H-pyrrole nitrogens is 1. The number of nitrogens with one attached hydrogen (secondary N) is 1. The molecule has 0 fully saturated rings. The van der Waals surface area contributed by atoms with Crippen LogP contribution in [0.2, 0.25) is 0 Å². The van der Waals surface area contributed by atoms with Gasteiger partial charge in [-0.15, -0.1) is 0 Å². The first-order valence-electron chi connectivity index (χ1n) is 5.78. The first kappa shape index (κ1) is 11.2. The average Bonchev–Trinajstić information content (AvgIpc) is 2.78. The van der Waals surface area contributed by atoms with E-state index >= 15 is 0 Å². The van der Waals surface area contributed by atoms with E-state index in [9.17, 15) is 13.6 Å². The van der Waals surface area contributed by atoms with Gasteiger partial charge in [-0.2, -0.15) is 8.78 Å². The van der Waals surface area contributed by atoms with Crippen LogP contribution in [-0.4, -0.2) is 11.6 Å². The lowest BCUT2D eigenvalue weighted by Crippen LogP contribution is -2.11. The Morgan fingerprint density at radius 3 is 2.89 bits per heavy atom. The first-order valence-corrected chi connectivity index (χ1v) is 5.78. The molecule has 0 saturated heterocycles. The Morgan fingerprint density at radius 1 is 1.28 bits per heavy atom. The molecule has 0 saturated carbocycles. The van der Waals surface area contributed by atoms with Crippen LogP contribution < -0.4 is 10.2 Å². The fourth-order valence-corrected chi connectivity index (χ4v) is 2.45. The van der Waals surface area contributed by atoms with Crippen LogP contribution in [0.15, 0.2) is 23.0 Å². The minimum Gasteiger partial charge on any atom is -0.435 e. The molecule has 5 heteroatoms. The van der Waals surface area contributed by atoms with Crippen molar-refractivity contribution in [1.82, 2.24) is 4.98 Å². The molecular formula is C13H11F2NO2. The third kappa shape index (κ3) is 1.75. The van der Waals surface area contributed by atoms with Crippen molar-refractivity contribution in [1.29, 1.82) is 0 Å². The lowest BCUT2D eigenvalue weighted by Gasteiger charge is -2.07. The maximum Gasteiger partial charge on any atom is 0.387 e. The van der Waals surface area contributed by atoms with Gasteiger partial charge in [-0.1, -0.05) is 0 Å². The standard InChI is InChI=1S/C13H11F2NO2/c14-13(15)18-7-4-5-11-9(6-7)12(17)8-2-1-3-10(8)16-11/h4-6,13H,1-3H2,(H,16,17). The normalized spacial score (nSPS) is 14.2. The van der Waals surface area contributed by atoms with Crippen LogP contribution >= 0.6 is 0 Å². The van der Waals surface area contributed by atoms with Gasteiger partial charge < -0.3 is 9.72 Å². The Balaban J connectivity index is 2.19. The number of hydrogen-bond donors (Lipinski definition) is 1. The van der Waals surface area contributed by atoms with Gasteiger partial charge >= 0.3 is 6.61 Å². The molecule has 1 N–H and O–H groups in total.